The van der Waals surface area contributed by atoms with Gasteiger partial charge in [0.15, 0.2) is 0 Å². The highest BCUT2D eigenvalue weighted by Crippen LogP contribution is 2.40. The van der Waals surface area contributed by atoms with Gasteiger partial charge in [-0.05, 0) is 45.1 Å². The molecule has 0 heterocycles. The first-order chi connectivity index (χ1) is 8.56. The van der Waals surface area contributed by atoms with E-state index in [1.165, 1.54) is 0 Å². The van der Waals surface area contributed by atoms with Crippen LogP contribution in [0.5, 0.6) is 0 Å². The van der Waals surface area contributed by atoms with Crippen LogP contribution in [0.15, 0.2) is 0 Å². The van der Waals surface area contributed by atoms with Crippen LogP contribution in [0, 0.1) is 11.8 Å². The van der Waals surface area contributed by atoms with Crippen molar-refractivity contribution in [2.75, 3.05) is 26.9 Å². The third-order valence-electron chi connectivity index (χ3n) is 3.53. The van der Waals surface area contributed by atoms with Gasteiger partial charge in [0.1, 0.15) is 5.54 Å². The van der Waals surface area contributed by atoms with Crippen LogP contribution in [-0.4, -0.2) is 38.4 Å². The highest BCUT2D eigenvalue weighted by molar-refractivity contribution is 5.82. The topological polar surface area (TPSA) is 47.6 Å². The number of carbonyl (C=O) groups is 1. The van der Waals surface area contributed by atoms with Crippen LogP contribution in [-0.2, 0) is 14.3 Å². The summed E-state index contributed by atoms with van der Waals surface area (Å²) in [6, 6.07) is 0. The van der Waals surface area contributed by atoms with Gasteiger partial charge >= 0.3 is 5.97 Å². The van der Waals surface area contributed by atoms with Crippen molar-refractivity contribution in [3.63, 3.8) is 0 Å². The lowest BCUT2D eigenvalue weighted by Crippen LogP contribution is -2.57. The smallest absolute Gasteiger partial charge is 0.329 e. The van der Waals surface area contributed by atoms with E-state index < -0.39 is 5.54 Å². The zero-order valence-electron chi connectivity index (χ0n) is 12.1. The van der Waals surface area contributed by atoms with Gasteiger partial charge in [-0.15, -0.1) is 0 Å². The van der Waals surface area contributed by atoms with E-state index in [9.17, 15) is 4.79 Å². The maximum absolute atomic E-state index is 12.1. The highest BCUT2D eigenvalue weighted by Gasteiger charge is 2.51. The van der Waals surface area contributed by atoms with Gasteiger partial charge in [0.05, 0.1) is 13.2 Å². The van der Waals surface area contributed by atoms with Crippen LogP contribution in [0.1, 0.15) is 40.0 Å². The van der Waals surface area contributed by atoms with E-state index in [-0.39, 0.29) is 5.97 Å². The van der Waals surface area contributed by atoms with Crippen molar-refractivity contribution < 1.29 is 14.3 Å². The quantitative estimate of drug-likeness (QED) is 0.507. The Morgan fingerprint density at radius 1 is 1.44 bits per heavy atom. The number of likely N-dealkylation sites (N-methyl/N-ethyl adjacent to an activating group) is 1. The van der Waals surface area contributed by atoms with Crippen molar-refractivity contribution in [3.8, 4) is 0 Å². The fourth-order valence-corrected chi connectivity index (χ4v) is 2.11. The molecule has 0 bridgehead atoms. The lowest BCUT2D eigenvalue weighted by molar-refractivity contribution is -0.155. The summed E-state index contributed by atoms with van der Waals surface area (Å²) in [6.07, 6.45) is 3.17. The Morgan fingerprint density at radius 2 is 2.11 bits per heavy atom. The molecule has 0 aromatic carbocycles. The summed E-state index contributed by atoms with van der Waals surface area (Å²) in [5.41, 5.74) is -0.632. The molecule has 18 heavy (non-hydrogen) atoms. The van der Waals surface area contributed by atoms with Gasteiger partial charge in [-0.25, -0.2) is 4.79 Å². The van der Waals surface area contributed by atoms with Gasteiger partial charge in [-0.1, -0.05) is 13.8 Å². The summed E-state index contributed by atoms with van der Waals surface area (Å²) < 4.78 is 10.9. The van der Waals surface area contributed by atoms with Crippen molar-refractivity contribution in [2.45, 2.75) is 45.6 Å². The minimum Gasteiger partial charge on any atom is -0.465 e. The molecule has 1 fully saturated rings. The summed E-state index contributed by atoms with van der Waals surface area (Å²) in [5, 5.41) is 3.15. The fourth-order valence-electron chi connectivity index (χ4n) is 2.11. The zero-order valence-corrected chi connectivity index (χ0v) is 12.1. The van der Waals surface area contributed by atoms with Gasteiger partial charge in [-0.2, -0.15) is 0 Å². The maximum atomic E-state index is 12.1. The standard InChI is InChI=1S/C14H27NO3/c1-5-18-13(16)14(15-4,12-6-7-12)10-17-9-8-11(2)3/h11-12,15H,5-10H2,1-4H3. The minimum absolute atomic E-state index is 0.167. The number of rotatable bonds is 9. The summed E-state index contributed by atoms with van der Waals surface area (Å²) in [6.45, 7) is 7.71. The molecule has 1 aliphatic rings. The first-order valence-corrected chi connectivity index (χ1v) is 7.00. The predicted molar refractivity (Wildman–Crippen MR) is 71.4 cm³/mol. The Morgan fingerprint density at radius 3 is 2.56 bits per heavy atom. The SMILES string of the molecule is CCOC(=O)C(COCCC(C)C)(NC)C1CC1. The van der Waals surface area contributed by atoms with Gasteiger partial charge in [-0.3, -0.25) is 0 Å². The first-order valence-electron chi connectivity index (χ1n) is 7.00. The molecule has 0 saturated heterocycles. The summed E-state index contributed by atoms with van der Waals surface area (Å²) in [7, 11) is 1.82. The van der Waals surface area contributed by atoms with E-state index in [4.69, 9.17) is 9.47 Å². The molecule has 1 atom stereocenters. The maximum Gasteiger partial charge on any atom is 0.329 e. The summed E-state index contributed by atoms with van der Waals surface area (Å²) >= 11 is 0. The van der Waals surface area contributed by atoms with Crippen molar-refractivity contribution in [1.29, 1.82) is 0 Å². The number of esters is 1. The number of hydrogen-bond donors (Lipinski definition) is 1. The van der Waals surface area contributed by atoms with Crippen molar-refractivity contribution in [2.24, 2.45) is 11.8 Å². The lowest BCUT2D eigenvalue weighted by Gasteiger charge is -2.31. The van der Waals surface area contributed by atoms with E-state index in [1.807, 2.05) is 14.0 Å². The predicted octanol–water partition coefficient (Wildman–Crippen LogP) is 1.98. The fraction of sp³-hybridized carbons (Fsp3) is 0.929. The van der Waals surface area contributed by atoms with Crippen LogP contribution in [0.3, 0.4) is 0 Å². The molecule has 1 saturated carbocycles. The number of ether oxygens (including phenoxy) is 2. The highest BCUT2D eigenvalue weighted by atomic mass is 16.5. The Kier molecular flexibility index (Phi) is 6.09. The van der Waals surface area contributed by atoms with Gasteiger partial charge in [0.2, 0.25) is 0 Å². The second kappa shape index (κ2) is 7.10. The summed E-state index contributed by atoms with van der Waals surface area (Å²) in [4.78, 5) is 12.1. The monoisotopic (exact) mass is 257 g/mol. The molecule has 4 heteroatoms. The van der Waals surface area contributed by atoms with Crippen molar-refractivity contribution in [3.05, 3.63) is 0 Å². The zero-order chi connectivity index (χ0) is 13.6. The molecule has 0 amide bonds. The molecule has 4 nitrogen and oxygen atoms in total. The average Bonchev–Trinajstić information content (AvgIpc) is 3.14. The molecule has 0 aromatic rings. The normalized spacial score (nSPS) is 18.7. The largest absolute Gasteiger partial charge is 0.465 e. The van der Waals surface area contributed by atoms with E-state index in [1.54, 1.807) is 0 Å². The van der Waals surface area contributed by atoms with Crippen LogP contribution in [0.25, 0.3) is 0 Å². The molecule has 0 aromatic heterocycles. The number of carbonyl (C=O) groups excluding carboxylic acids is 1. The first kappa shape index (κ1) is 15.4. The molecule has 106 valence electrons. The Hall–Kier alpha value is -0.610. The molecule has 1 rings (SSSR count). The third kappa shape index (κ3) is 3.95. The lowest BCUT2D eigenvalue weighted by atomic mass is 9.94. The van der Waals surface area contributed by atoms with Crippen LogP contribution >= 0.6 is 0 Å². The summed E-state index contributed by atoms with van der Waals surface area (Å²) in [5.74, 6) is 0.817. The molecular weight excluding hydrogens is 230 g/mol. The Bertz CT molecular complexity index is 264. The second-order valence-electron chi connectivity index (χ2n) is 5.45. The van der Waals surface area contributed by atoms with Crippen LogP contribution in [0.2, 0.25) is 0 Å². The van der Waals surface area contributed by atoms with Gasteiger partial charge in [0.25, 0.3) is 0 Å². The van der Waals surface area contributed by atoms with Gasteiger partial charge < -0.3 is 14.8 Å². The van der Waals surface area contributed by atoms with Crippen LogP contribution in [0.4, 0.5) is 0 Å². The molecule has 1 aliphatic carbocycles. The second-order valence-corrected chi connectivity index (χ2v) is 5.45. The molecule has 1 N–H and O–H groups in total. The molecule has 0 aliphatic heterocycles. The molecule has 0 radical (unpaired) electrons. The number of hydrogen-bond acceptors (Lipinski definition) is 4. The van der Waals surface area contributed by atoms with Crippen molar-refractivity contribution in [1.82, 2.24) is 5.32 Å². The Labute approximate surface area is 110 Å². The van der Waals surface area contributed by atoms with Crippen molar-refractivity contribution >= 4 is 5.97 Å². The minimum atomic E-state index is -0.632. The van der Waals surface area contributed by atoms with E-state index in [0.29, 0.717) is 31.7 Å². The molecule has 0 spiro atoms. The van der Waals surface area contributed by atoms with Gasteiger partial charge in [0, 0.05) is 6.61 Å². The van der Waals surface area contributed by atoms with E-state index >= 15 is 0 Å². The average molecular weight is 257 g/mol. The molecular formula is C14H27NO3. The van der Waals surface area contributed by atoms with E-state index in [2.05, 4.69) is 19.2 Å². The number of nitrogens with one attached hydrogen (secondary N) is 1. The van der Waals surface area contributed by atoms with E-state index in [0.717, 1.165) is 19.3 Å². The Balaban J connectivity index is 2.52. The molecule has 1 unspecified atom stereocenters. The third-order valence-corrected chi connectivity index (χ3v) is 3.53. The van der Waals surface area contributed by atoms with Crippen LogP contribution < -0.4 is 5.32 Å².